The molecule has 1 aliphatic heterocycles. The van der Waals surface area contributed by atoms with Crippen LogP contribution in [0, 0.1) is 6.92 Å². The molecule has 24 heavy (non-hydrogen) atoms. The molecule has 0 unspecified atom stereocenters. The average Bonchev–Trinajstić information content (AvgIpc) is 3.17. The van der Waals surface area contributed by atoms with Crippen molar-refractivity contribution < 1.29 is 0 Å². The topological polar surface area (TPSA) is 46.8 Å². The van der Waals surface area contributed by atoms with E-state index in [2.05, 4.69) is 51.0 Å². The van der Waals surface area contributed by atoms with Crippen LogP contribution in [-0.2, 0) is 0 Å². The minimum Gasteiger partial charge on any atom is -0.349 e. The van der Waals surface area contributed by atoms with Crippen molar-refractivity contribution in [2.45, 2.75) is 32.2 Å². The molecule has 122 valence electrons. The van der Waals surface area contributed by atoms with Gasteiger partial charge in [-0.05, 0) is 31.7 Å². The van der Waals surface area contributed by atoms with Gasteiger partial charge in [-0.3, -0.25) is 4.57 Å². The van der Waals surface area contributed by atoms with Crippen LogP contribution in [0.1, 0.15) is 36.4 Å². The Labute approximate surface area is 142 Å². The lowest BCUT2D eigenvalue weighted by molar-refractivity contribution is 0.469. The van der Waals surface area contributed by atoms with E-state index in [0.717, 1.165) is 24.6 Å². The summed E-state index contributed by atoms with van der Waals surface area (Å²) in [6.07, 6.45) is 10.7. The van der Waals surface area contributed by atoms with Crippen molar-refractivity contribution >= 4 is 5.82 Å². The number of imidazole rings is 1. The third-order valence-corrected chi connectivity index (χ3v) is 4.67. The van der Waals surface area contributed by atoms with Gasteiger partial charge in [-0.15, -0.1) is 0 Å². The van der Waals surface area contributed by atoms with Crippen molar-refractivity contribution in [3.63, 3.8) is 0 Å². The van der Waals surface area contributed by atoms with E-state index in [1.54, 1.807) is 18.9 Å². The number of nitrogens with zero attached hydrogens (tertiary/aromatic N) is 5. The highest BCUT2D eigenvalue weighted by molar-refractivity contribution is 5.47. The van der Waals surface area contributed by atoms with Crippen LogP contribution in [0.2, 0.25) is 0 Å². The molecule has 1 aromatic carbocycles. The maximum atomic E-state index is 4.55. The van der Waals surface area contributed by atoms with Gasteiger partial charge in [-0.2, -0.15) is 0 Å². The Morgan fingerprint density at radius 3 is 2.67 bits per heavy atom. The van der Waals surface area contributed by atoms with Crippen molar-refractivity contribution in [2.24, 2.45) is 0 Å². The van der Waals surface area contributed by atoms with Crippen molar-refractivity contribution in [1.82, 2.24) is 19.5 Å². The minimum atomic E-state index is 0.380. The van der Waals surface area contributed by atoms with E-state index in [0.29, 0.717) is 6.04 Å². The molecule has 0 N–H and O–H groups in total. The van der Waals surface area contributed by atoms with Gasteiger partial charge in [-0.25, -0.2) is 15.0 Å². The average molecular weight is 319 g/mol. The Kier molecular flexibility index (Phi) is 3.99. The normalized spacial score (nSPS) is 17.9. The number of rotatable bonds is 3. The van der Waals surface area contributed by atoms with E-state index in [9.17, 15) is 0 Å². The number of hydrogen-bond donors (Lipinski definition) is 0. The Bertz CT molecular complexity index is 795. The van der Waals surface area contributed by atoms with Gasteiger partial charge in [0.1, 0.15) is 24.3 Å². The molecule has 4 rings (SSSR count). The highest BCUT2D eigenvalue weighted by atomic mass is 15.2. The number of aryl methyl sites for hydroxylation is 1. The standard InChI is InChI=1S/C19H21N5/c1-15-5-7-16(8-6-15)17-4-2-3-10-24(17)19-12-18(21-13-22-19)23-11-9-20-14-23/h5-9,11-14,17H,2-4,10H2,1H3/t17-/m1/s1. The summed E-state index contributed by atoms with van der Waals surface area (Å²) in [5, 5.41) is 0. The van der Waals surface area contributed by atoms with Crippen LogP contribution in [0.3, 0.4) is 0 Å². The van der Waals surface area contributed by atoms with Crippen LogP contribution < -0.4 is 4.90 Å². The number of piperidine rings is 1. The molecular formula is C19H21N5. The monoisotopic (exact) mass is 319 g/mol. The second kappa shape index (κ2) is 6.43. The van der Waals surface area contributed by atoms with Crippen LogP contribution in [-0.4, -0.2) is 26.1 Å². The lowest BCUT2D eigenvalue weighted by Gasteiger charge is -2.37. The first kappa shape index (κ1) is 14.9. The zero-order chi connectivity index (χ0) is 16.4. The molecule has 5 nitrogen and oxygen atoms in total. The fourth-order valence-corrected chi connectivity index (χ4v) is 3.37. The molecule has 0 aliphatic carbocycles. The minimum absolute atomic E-state index is 0.380. The molecule has 1 atom stereocenters. The highest BCUT2D eigenvalue weighted by Gasteiger charge is 2.25. The number of aromatic nitrogens is 4. The largest absolute Gasteiger partial charge is 0.349 e. The van der Waals surface area contributed by atoms with Crippen LogP contribution in [0.25, 0.3) is 5.82 Å². The predicted molar refractivity (Wildman–Crippen MR) is 94.3 cm³/mol. The summed E-state index contributed by atoms with van der Waals surface area (Å²) < 4.78 is 1.91. The van der Waals surface area contributed by atoms with Crippen molar-refractivity contribution in [1.29, 1.82) is 0 Å². The Balaban J connectivity index is 1.68. The Morgan fingerprint density at radius 2 is 1.88 bits per heavy atom. The van der Waals surface area contributed by atoms with Gasteiger partial charge in [0.2, 0.25) is 0 Å². The molecule has 1 fully saturated rings. The van der Waals surface area contributed by atoms with Crippen molar-refractivity contribution in [3.05, 3.63) is 66.5 Å². The quantitative estimate of drug-likeness (QED) is 0.738. The van der Waals surface area contributed by atoms with Crippen molar-refractivity contribution in [2.75, 3.05) is 11.4 Å². The summed E-state index contributed by atoms with van der Waals surface area (Å²) in [6.45, 7) is 3.16. The maximum absolute atomic E-state index is 4.55. The first-order chi connectivity index (χ1) is 11.8. The molecular weight excluding hydrogens is 298 g/mol. The van der Waals surface area contributed by atoms with E-state index < -0.39 is 0 Å². The highest BCUT2D eigenvalue weighted by Crippen LogP contribution is 2.34. The molecule has 1 saturated heterocycles. The molecule has 0 bridgehead atoms. The van der Waals surface area contributed by atoms with Gasteiger partial charge in [-0.1, -0.05) is 29.8 Å². The fourth-order valence-electron chi connectivity index (χ4n) is 3.37. The first-order valence-electron chi connectivity index (χ1n) is 8.45. The van der Waals surface area contributed by atoms with E-state index in [1.807, 2.05) is 16.8 Å². The summed E-state index contributed by atoms with van der Waals surface area (Å²) in [5.74, 6) is 1.84. The Morgan fingerprint density at radius 1 is 1.04 bits per heavy atom. The van der Waals surface area contributed by atoms with E-state index in [-0.39, 0.29) is 0 Å². The zero-order valence-corrected chi connectivity index (χ0v) is 13.8. The van der Waals surface area contributed by atoms with Gasteiger partial charge >= 0.3 is 0 Å². The molecule has 2 aromatic heterocycles. The van der Waals surface area contributed by atoms with Gasteiger partial charge in [0.25, 0.3) is 0 Å². The first-order valence-corrected chi connectivity index (χ1v) is 8.45. The summed E-state index contributed by atoms with van der Waals surface area (Å²) in [6, 6.07) is 11.3. The maximum Gasteiger partial charge on any atom is 0.143 e. The number of hydrogen-bond acceptors (Lipinski definition) is 4. The van der Waals surface area contributed by atoms with Crippen molar-refractivity contribution in [3.8, 4) is 5.82 Å². The van der Waals surface area contributed by atoms with Crippen LogP contribution in [0.4, 0.5) is 5.82 Å². The molecule has 3 heterocycles. The van der Waals surface area contributed by atoms with Gasteiger partial charge in [0.15, 0.2) is 0 Å². The third kappa shape index (κ3) is 2.89. The third-order valence-electron chi connectivity index (χ3n) is 4.67. The van der Waals surface area contributed by atoms with Crippen LogP contribution in [0.15, 0.2) is 55.4 Å². The predicted octanol–water partition coefficient (Wildman–Crippen LogP) is 3.70. The SMILES string of the molecule is Cc1ccc([C@H]2CCCCN2c2cc(-n3ccnc3)ncn2)cc1. The summed E-state index contributed by atoms with van der Waals surface area (Å²) in [7, 11) is 0. The summed E-state index contributed by atoms with van der Waals surface area (Å²) in [4.78, 5) is 15.4. The molecule has 0 spiro atoms. The van der Waals surface area contributed by atoms with E-state index in [1.165, 1.54) is 24.0 Å². The van der Waals surface area contributed by atoms with Gasteiger partial charge in [0, 0.05) is 25.0 Å². The molecule has 3 aromatic rings. The molecule has 0 saturated carbocycles. The zero-order valence-electron chi connectivity index (χ0n) is 13.8. The van der Waals surface area contributed by atoms with Gasteiger partial charge in [0.05, 0.1) is 6.04 Å². The number of benzene rings is 1. The second-order valence-corrected chi connectivity index (χ2v) is 6.32. The van der Waals surface area contributed by atoms with Crippen LogP contribution in [0.5, 0.6) is 0 Å². The fraction of sp³-hybridized carbons (Fsp3) is 0.316. The Hall–Kier alpha value is -2.69. The lowest BCUT2D eigenvalue weighted by atomic mass is 9.94. The molecule has 0 radical (unpaired) electrons. The molecule has 1 aliphatic rings. The van der Waals surface area contributed by atoms with E-state index >= 15 is 0 Å². The summed E-state index contributed by atoms with van der Waals surface area (Å²) in [5.41, 5.74) is 2.66. The molecule has 5 heteroatoms. The smallest absolute Gasteiger partial charge is 0.143 e. The lowest BCUT2D eigenvalue weighted by Crippen LogP contribution is -2.34. The van der Waals surface area contributed by atoms with E-state index in [4.69, 9.17) is 0 Å². The number of anilines is 1. The molecule has 0 amide bonds. The van der Waals surface area contributed by atoms with Gasteiger partial charge < -0.3 is 4.90 Å². The second-order valence-electron chi connectivity index (χ2n) is 6.32. The summed E-state index contributed by atoms with van der Waals surface area (Å²) >= 11 is 0. The van der Waals surface area contributed by atoms with Crippen LogP contribution >= 0.6 is 0 Å².